The first-order valence-corrected chi connectivity index (χ1v) is 12.8. The molecular weight excluding hydrogens is 458 g/mol. The molecule has 9 heteroatoms. The fourth-order valence-corrected chi connectivity index (χ4v) is 4.40. The molecule has 0 N–H and O–H groups in total. The van der Waals surface area contributed by atoms with Crippen LogP contribution in [0.1, 0.15) is 73.2 Å². The van der Waals surface area contributed by atoms with Crippen LogP contribution < -0.4 is 0 Å². The third kappa shape index (κ3) is 5.46. The molecular formula is C25H27NO7S. The van der Waals surface area contributed by atoms with Crippen molar-refractivity contribution >= 4 is 38.7 Å². The van der Waals surface area contributed by atoms with Crippen molar-refractivity contribution in [1.29, 1.82) is 0 Å². The van der Waals surface area contributed by atoms with Crippen molar-refractivity contribution in [2.45, 2.75) is 52.6 Å². The summed E-state index contributed by atoms with van der Waals surface area (Å²) >= 11 is 0. The van der Waals surface area contributed by atoms with Gasteiger partial charge in [0, 0.05) is 23.8 Å². The number of hydrogen-bond acceptors (Lipinski definition) is 7. The Morgan fingerprint density at radius 3 is 2.35 bits per heavy atom. The van der Waals surface area contributed by atoms with Gasteiger partial charge in [0.2, 0.25) is 0 Å². The summed E-state index contributed by atoms with van der Waals surface area (Å²) in [6, 6.07) is 7.93. The minimum atomic E-state index is -4.10. The van der Waals surface area contributed by atoms with E-state index in [2.05, 4.69) is 16.1 Å². The Labute approximate surface area is 199 Å². The van der Waals surface area contributed by atoms with Gasteiger partial charge in [0.1, 0.15) is 0 Å². The van der Waals surface area contributed by atoms with Crippen LogP contribution in [0.15, 0.2) is 30.3 Å². The fraction of sp³-hybridized carbons (Fsp3) is 0.400. The zero-order chi connectivity index (χ0) is 25.3. The molecule has 2 amide bonds. The molecule has 2 aromatic carbocycles. The van der Waals surface area contributed by atoms with Gasteiger partial charge in [0.15, 0.2) is 5.60 Å². The number of benzene rings is 2. The zero-order valence-corrected chi connectivity index (χ0v) is 20.6. The predicted molar refractivity (Wildman–Crippen MR) is 126 cm³/mol. The molecule has 2 aromatic rings. The zero-order valence-electron chi connectivity index (χ0n) is 19.8. The van der Waals surface area contributed by atoms with Gasteiger partial charge >= 0.3 is 5.97 Å². The Balaban J connectivity index is 2.09. The Morgan fingerprint density at radius 2 is 1.76 bits per heavy atom. The molecule has 1 heterocycles. The summed E-state index contributed by atoms with van der Waals surface area (Å²) in [6.07, 6.45) is 2.25. The maximum atomic E-state index is 12.8. The number of hydrogen-bond donors (Lipinski definition) is 0. The summed E-state index contributed by atoms with van der Waals surface area (Å²) < 4.78 is 33.4. The highest BCUT2D eigenvalue weighted by atomic mass is 32.2. The molecule has 0 saturated heterocycles. The molecule has 3 rings (SSSR count). The SMILES string of the molecule is CCCC(=O)OC(C)(C#Cc1ccc2c3c(cccc13)C(=O)N(OS(C)(=O)=O)C2=O)CC(C)C. The van der Waals surface area contributed by atoms with E-state index < -0.39 is 27.5 Å². The van der Waals surface area contributed by atoms with Crippen LogP contribution in [-0.4, -0.2) is 43.1 Å². The normalized spacial score (nSPS) is 15.2. The van der Waals surface area contributed by atoms with Gasteiger partial charge in [-0.25, -0.2) is 0 Å². The van der Waals surface area contributed by atoms with Crippen molar-refractivity contribution in [3.05, 3.63) is 47.0 Å². The van der Waals surface area contributed by atoms with Gasteiger partial charge in [-0.15, -0.1) is 9.35 Å². The van der Waals surface area contributed by atoms with E-state index in [1.165, 1.54) is 12.1 Å². The molecule has 0 radical (unpaired) electrons. The van der Waals surface area contributed by atoms with Crippen molar-refractivity contribution in [2.75, 3.05) is 6.26 Å². The number of esters is 1. The Bertz CT molecular complexity index is 1310. The smallest absolute Gasteiger partial charge is 0.307 e. The number of hydroxylamine groups is 2. The number of nitrogens with zero attached hydrogens (tertiary/aromatic N) is 1. The summed E-state index contributed by atoms with van der Waals surface area (Å²) in [5.74, 6) is 4.30. The number of imide groups is 1. The lowest BCUT2D eigenvalue weighted by Crippen LogP contribution is -2.41. The van der Waals surface area contributed by atoms with E-state index in [1.807, 2.05) is 20.8 Å². The average Bonchev–Trinajstić information content (AvgIpc) is 2.72. The van der Waals surface area contributed by atoms with Crippen LogP contribution in [0.3, 0.4) is 0 Å². The third-order valence-electron chi connectivity index (χ3n) is 5.13. The number of rotatable bonds is 7. The fourth-order valence-electron chi connectivity index (χ4n) is 3.99. The maximum absolute atomic E-state index is 12.8. The van der Waals surface area contributed by atoms with Gasteiger partial charge in [-0.3, -0.25) is 14.4 Å². The Morgan fingerprint density at radius 1 is 1.12 bits per heavy atom. The predicted octanol–water partition coefficient (Wildman–Crippen LogP) is 3.83. The first-order chi connectivity index (χ1) is 15.8. The molecule has 180 valence electrons. The van der Waals surface area contributed by atoms with Crippen molar-refractivity contribution < 1.29 is 31.8 Å². The number of amides is 2. The number of carbonyl (C=O) groups excluding carboxylic acids is 3. The molecule has 0 fully saturated rings. The first kappa shape index (κ1) is 25.4. The highest BCUT2D eigenvalue weighted by Gasteiger charge is 2.36. The van der Waals surface area contributed by atoms with E-state index in [-0.39, 0.29) is 28.1 Å². The van der Waals surface area contributed by atoms with E-state index in [4.69, 9.17) is 4.74 Å². The second kappa shape index (κ2) is 9.57. The third-order valence-corrected chi connectivity index (χ3v) is 5.55. The lowest BCUT2D eigenvalue weighted by molar-refractivity contribution is -0.154. The van der Waals surface area contributed by atoms with Crippen molar-refractivity contribution in [3.63, 3.8) is 0 Å². The van der Waals surface area contributed by atoms with Crippen molar-refractivity contribution in [1.82, 2.24) is 5.06 Å². The summed E-state index contributed by atoms with van der Waals surface area (Å²) in [5.41, 5.74) is -0.219. The van der Waals surface area contributed by atoms with E-state index in [9.17, 15) is 22.8 Å². The average molecular weight is 486 g/mol. The van der Waals surface area contributed by atoms with Crippen LogP contribution in [0.2, 0.25) is 0 Å². The topological polar surface area (TPSA) is 107 Å². The van der Waals surface area contributed by atoms with E-state index in [1.54, 1.807) is 25.1 Å². The largest absolute Gasteiger partial charge is 0.446 e. The van der Waals surface area contributed by atoms with Crippen molar-refractivity contribution in [3.8, 4) is 11.8 Å². The molecule has 1 atom stereocenters. The van der Waals surface area contributed by atoms with Gasteiger partial charge in [-0.05, 0) is 42.8 Å². The Hall–Kier alpha value is -3.22. The molecule has 0 aliphatic carbocycles. The molecule has 8 nitrogen and oxygen atoms in total. The molecule has 1 aliphatic heterocycles. The molecule has 0 aromatic heterocycles. The molecule has 1 aliphatic rings. The molecule has 0 bridgehead atoms. The highest BCUT2D eigenvalue weighted by molar-refractivity contribution is 7.85. The van der Waals surface area contributed by atoms with Crippen LogP contribution in [0.4, 0.5) is 0 Å². The summed E-state index contributed by atoms with van der Waals surface area (Å²) in [6.45, 7) is 7.69. The molecule has 34 heavy (non-hydrogen) atoms. The quantitative estimate of drug-likeness (QED) is 0.333. The molecule has 0 saturated carbocycles. The van der Waals surface area contributed by atoms with E-state index in [0.29, 0.717) is 35.6 Å². The summed E-state index contributed by atoms with van der Waals surface area (Å²) in [4.78, 5) is 37.9. The number of carbonyl (C=O) groups is 3. The van der Waals surface area contributed by atoms with Crippen LogP contribution in [0, 0.1) is 17.8 Å². The standard InChI is InChI=1S/C25H27NO7S/c1-6-8-21(27)32-25(4,15-16(2)3)14-13-17-11-12-20-22-18(17)9-7-10-19(22)23(28)26(24(20)29)33-34(5,30)31/h7,9-12,16H,6,8,15H2,1-5H3. The van der Waals surface area contributed by atoms with Crippen molar-refractivity contribution in [2.24, 2.45) is 5.92 Å². The van der Waals surface area contributed by atoms with Gasteiger partial charge in [0.25, 0.3) is 21.9 Å². The second-order valence-corrected chi connectivity index (χ2v) is 10.4. The van der Waals surface area contributed by atoms with Gasteiger partial charge in [0.05, 0.1) is 17.4 Å². The lowest BCUT2D eigenvalue weighted by Gasteiger charge is -2.26. The summed E-state index contributed by atoms with van der Waals surface area (Å²) in [5, 5.41) is 1.17. The number of ether oxygens (including phenoxy) is 1. The minimum absolute atomic E-state index is 0.124. The Kier molecular flexibility index (Phi) is 7.15. The van der Waals surface area contributed by atoms with Crippen LogP contribution in [0.25, 0.3) is 10.8 Å². The summed E-state index contributed by atoms with van der Waals surface area (Å²) in [7, 11) is -4.10. The maximum Gasteiger partial charge on any atom is 0.307 e. The molecule has 1 unspecified atom stereocenters. The van der Waals surface area contributed by atoms with E-state index >= 15 is 0 Å². The lowest BCUT2D eigenvalue weighted by atomic mass is 9.91. The monoisotopic (exact) mass is 485 g/mol. The van der Waals surface area contributed by atoms with Crippen LogP contribution in [-0.2, 0) is 23.9 Å². The second-order valence-electron chi connectivity index (χ2n) is 8.88. The van der Waals surface area contributed by atoms with Gasteiger partial charge in [-0.2, -0.15) is 8.42 Å². The van der Waals surface area contributed by atoms with E-state index in [0.717, 1.165) is 6.26 Å². The molecule has 0 spiro atoms. The highest BCUT2D eigenvalue weighted by Crippen LogP contribution is 2.32. The van der Waals surface area contributed by atoms with Gasteiger partial charge < -0.3 is 4.74 Å². The minimum Gasteiger partial charge on any atom is -0.446 e. The van der Waals surface area contributed by atoms with Crippen LogP contribution >= 0.6 is 0 Å². The first-order valence-electron chi connectivity index (χ1n) is 10.9. The van der Waals surface area contributed by atoms with Crippen LogP contribution in [0.5, 0.6) is 0 Å². The van der Waals surface area contributed by atoms with Gasteiger partial charge in [-0.1, -0.05) is 44.7 Å².